The van der Waals surface area contributed by atoms with E-state index in [0.29, 0.717) is 40.5 Å². The summed E-state index contributed by atoms with van der Waals surface area (Å²) in [6, 6.07) is 7.00. The van der Waals surface area contributed by atoms with Crippen LogP contribution >= 0.6 is 0 Å². The lowest BCUT2D eigenvalue weighted by Crippen LogP contribution is -2.23. The van der Waals surface area contributed by atoms with Crippen LogP contribution in [-0.4, -0.2) is 44.1 Å². The summed E-state index contributed by atoms with van der Waals surface area (Å²) in [6.07, 6.45) is 0. The first-order valence-corrected chi connectivity index (χ1v) is 9.83. The molecule has 9 nitrogen and oxygen atoms in total. The molecular formula is C23H25NO8. The Morgan fingerprint density at radius 3 is 2.22 bits per heavy atom. The van der Waals surface area contributed by atoms with Crippen molar-refractivity contribution >= 4 is 17.8 Å². The molecule has 0 atom stereocenters. The van der Waals surface area contributed by atoms with E-state index in [-0.39, 0.29) is 24.8 Å². The maximum absolute atomic E-state index is 13.2. The van der Waals surface area contributed by atoms with Gasteiger partial charge in [0.05, 0.1) is 39.0 Å². The van der Waals surface area contributed by atoms with Gasteiger partial charge in [-0.2, -0.15) is 0 Å². The Kier molecular flexibility index (Phi) is 6.87. The van der Waals surface area contributed by atoms with Crippen LogP contribution in [0.25, 0.3) is 0 Å². The average molecular weight is 443 g/mol. The third-order valence-electron chi connectivity index (χ3n) is 5.02. The van der Waals surface area contributed by atoms with Gasteiger partial charge in [-0.25, -0.2) is 0 Å². The molecule has 3 rings (SSSR count). The molecule has 2 aromatic rings. The molecule has 0 aromatic heterocycles. The first-order valence-electron chi connectivity index (χ1n) is 9.83. The standard InChI is InChI=1S/C23H25NO8/c1-13(25)31-12-18-20(29-4)9-16-17(22(18)32-14(2)26)11-24(23(16)27)10-15-6-7-19(28-3)21(8-15)30-5/h6-9H,10-12H2,1-5H3. The number of rotatable bonds is 8. The lowest BCUT2D eigenvalue weighted by molar-refractivity contribution is -0.142. The third-order valence-corrected chi connectivity index (χ3v) is 5.02. The van der Waals surface area contributed by atoms with Crippen molar-refractivity contribution < 1.29 is 38.1 Å². The summed E-state index contributed by atoms with van der Waals surface area (Å²) in [5, 5.41) is 0. The molecule has 0 saturated carbocycles. The molecule has 0 saturated heterocycles. The Morgan fingerprint density at radius 1 is 0.938 bits per heavy atom. The maximum atomic E-state index is 13.2. The number of amides is 1. The van der Waals surface area contributed by atoms with E-state index in [2.05, 4.69) is 0 Å². The van der Waals surface area contributed by atoms with Gasteiger partial charge in [0.15, 0.2) is 11.5 Å². The van der Waals surface area contributed by atoms with Crippen molar-refractivity contribution in [2.24, 2.45) is 0 Å². The highest BCUT2D eigenvalue weighted by atomic mass is 16.5. The number of methoxy groups -OCH3 is 3. The highest BCUT2D eigenvalue weighted by Crippen LogP contribution is 2.41. The predicted molar refractivity (Wildman–Crippen MR) is 113 cm³/mol. The average Bonchev–Trinajstić information content (AvgIpc) is 3.07. The van der Waals surface area contributed by atoms with E-state index >= 15 is 0 Å². The summed E-state index contributed by atoms with van der Waals surface area (Å²) >= 11 is 0. The van der Waals surface area contributed by atoms with Crippen LogP contribution in [0.4, 0.5) is 0 Å². The second-order valence-corrected chi connectivity index (χ2v) is 7.14. The van der Waals surface area contributed by atoms with Crippen molar-refractivity contribution in [3.63, 3.8) is 0 Å². The number of ether oxygens (including phenoxy) is 5. The number of esters is 2. The second kappa shape index (κ2) is 9.59. The summed E-state index contributed by atoms with van der Waals surface area (Å²) < 4.78 is 26.6. The molecule has 1 aliphatic rings. The lowest BCUT2D eigenvalue weighted by Gasteiger charge is -2.17. The van der Waals surface area contributed by atoms with Crippen molar-refractivity contribution in [3.05, 3.63) is 46.5 Å². The van der Waals surface area contributed by atoms with Crippen LogP contribution in [0, 0.1) is 0 Å². The molecule has 170 valence electrons. The molecule has 0 N–H and O–H groups in total. The molecule has 0 bridgehead atoms. The van der Waals surface area contributed by atoms with Crippen LogP contribution in [-0.2, 0) is 34.0 Å². The number of carbonyl (C=O) groups is 3. The zero-order chi connectivity index (χ0) is 23.4. The highest BCUT2D eigenvalue weighted by molar-refractivity contribution is 6.00. The van der Waals surface area contributed by atoms with Gasteiger partial charge in [-0.15, -0.1) is 0 Å². The second-order valence-electron chi connectivity index (χ2n) is 7.14. The van der Waals surface area contributed by atoms with Crippen LogP contribution in [0.1, 0.15) is 40.9 Å². The number of carbonyl (C=O) groups excluding carboxylic acids is 3. The van der Waals surface area contributed by atoms with E-state index in [1.54, 1.807) is 37.3 Å². The van der Waals surface area contributed by atoms with Gasteiger partial charge in [0.25, 0.3) is 5.91 Å². The Balaban J connectivity index is 1.98. The van der Waals surface area contributed by atoms with Crippen LogP contribution in [0.15, 0.2) is 24.3 Å². The van der Waals surface area contributed by atoms with E-state index in [4.69, 9.17) is 23.7 Å². The first-order chi connectivity index (χ1) is 15.3. The van der Waals surface area contributed by atoms with Crippen LogP contribution < -0.4 is 18.9 Å². The van der Waals surface area contributed by atoms with Gasteiger partial charge in [0.2, 0.25) is 0 Å². The molecule has 1 aliphatic heterocycles. The fraction of sp³-hybridized carbons (Fsp3) is 0.348. The summed E-state index contributed by atoms with van der Waals surface area (Å²) in [5.41, 5.74) is 2.13. The fourth-order valence-electron chi connectivity index (χ4n) is 3.59. The van der Waals surface area contributed by atoms with Gasteiger partial charge in [-0.3, -0.25) is 14.4 Å². The normalized spacial score (nSPS) is 12.3. The Morgan fingerprint density at radius 2 is 1.62 bits per heavy atom. The predicted octanol–water partition coefficient (Wildman–Crippen LogP) is 2.86. The topological polar surface area (TPSA) is 101 Å². The minimum atomic E-state index is -0.560. The summed E-state index contributed by atoms with van der Waals surface area (Å²) in [5.74, 6) is 0.325. The zero-order valence-electron chi connectivity index (χ0n) is 18.6. The summed E-state index contributed by atoms with van der Waals surface area (Å²) in [6.45, 7) is 2.90. The van der Waals surface area contributed by atoms with Gasteiger partial charge in [0.1, 0.15) is 18.1 Å². The highest BCUT2D eigenvalue weighted by Gasteiger charge is 2.34. The number of hydrogen-bond donors (Lipinski definition) is 0. The largest absolute Gasteiger partial charge is 0.496 e. The number of benzene rings is 2. The van der Waals surface area contributed by atoms with Crippen molar-refractivity contribution in [1.82, 2.24) is 4.90 Å². The van der Waals surface area contributed by atoms with Crippen molar-refractivity contribution in [3.8, 4) is 23.0 Å². The van der Waals surface area contributed by atoms with Gasteiger partial charge < -0.3 is 28.6 Å². The summed E-state index contributed by atoms with van der Waals surface area (Å²) in [7, 11) is 4.52. The van der Waals surface area contributed by atoms with Gasteiger partial charge in [-0.05, 0) is 23.8 Å². The zero-order valence-corrected chi connectivity index (χ0v) is 18.6. The molecule has 0 unspecified atom stereocenters. The number of fused-ring (bicyclic) bond motifs is 1. The van der Waals surface area contributed by atoms with Gasteiger partial charge >= 0.3 is 11.9 Å². The summed E-state index contributed by atoms with van der Waals surface area (Å²) in [4.78, 5) is 37.9. The minimum Gasteiger partial charge on any atom is -0.496 e. The molecule has 32 heavy (non-hydrogen) atoms. The molecule has 0 fully saturated rings. The van der Waals surface area contributed by atoms with Crippen LogP contribution in [0.3, 0.4) is 0 Å². The smallest absolute Gasteiger partial charge is 0.308 e. The van der Waals surface area contributed by atoms with E-state index in [9.17, 15) is 14.4 Å². The number of nitrogens with zero attached hydrogens (tertiary/aromatic N) is 1. The third kappa shape index (κ3) is 4.61. The molecule has 1 amide bonds. The molecule has 0 radical (unpaired) electrons. The van der Waals surface area contributed by atoms with Gasteiger partial charge in [-0.1, -0.05) is 6.07 Å². The molecule has 9 heteroatoms. The molecule has 0 spiro atoms. The van der Waals surface area contributed by atoms with Gasteiger partial charge in [0, 0.05) is 26.0 Å². The van der Waals surface area contributed by atoms with E-state index in [0.717, 1.165) is 5.56 Å². The SMILES string of the molecule is COc1ccc(CN2Cc3c(cc(OC)c(COC(C)=O)c3OC(C)=O)C2=O)cc1OC. The van der Waals surface area contributed by atoms with Crippen molar-refractivity contribution in [2.45, 2.75) is 33.5 Å². The quantitative estimate of drug-likeness (QED) is 0.454. The van der Waals surface area contributed by atoms with Crippen molar-refractivity contribution in [2.75, 3.05) is 21.3 Å². The Bertz CT molecular complexity index is 1060. The minimum absolute atomic E-state index is 0.154. The molecule has 2 aromatic carbocycles. The number of hydrogen-bond acceptors (Lipinski definition) is 8. The van der Waals surface area contributed by atoms with Crippen LogP contribution in [0.2, 0.25) is 0 Å². The van der Waals surface area contributed by atoms with E-state index < -0.39 is 11.9 Å². The molecule has 1 heterocycles. The lowest BCUT2D eigenvalue weighted by atomic mass is 10.0. The maximum Gasteiger partial charge on any atom is 0.308 e. The van der Waals surface area contributed by atoms with E-state index in [1.165, 1.54) is 21.0 Å². The molecule has 0 aliphatic carbocycles. The Hall–Kier alpha value is -3.75. The van der Waals surface area contributed by atoms with Crippen LogP contribution in [0.5, 0.6) is 23.0 Å². The Labute approximate surface area is 185 Å². The molecular weight excluding hydrogens is 418 g/mol. The monoisotopic (exact) mass is 443 g/mol. The first kappa shape index (κ1) is 22.9. The van der Waals surface area contributed by atoms with E-state index in [1.807, 2.05) is 6.07 Å². The fourth-order valence-corrected chi connectivity index (χ4v) is 3.59. The van der Waals surface area contributed by atoms with Crippen molar-refractivity contribution in [1.29, 1.82) is 0 Å².